The number of hydrogen-bond donors (Lipinski definition) is 0. The molecular formula is C19H16S. The van der Waals surface area contributed by atoms with Gasteiger partial charge in [0, 0.05) is 9.79 Å². The fourth-order valence-electron chi connectivity index (χ4n) is 3.16. The van der Waals surface area contributed by atoms with Crippen molar-refractivity contribution in [3.63, 3.8) is 0 Å². The lowest BCUT2D eigenvalue weighted by Gasteiger charge is -2.34. The molecule has 0 spiro atoms. The summed E-state index contributed by atoms with van der Waals surface area (Å²) in [4.78, 5) is 4.43. The Bertz CT molecular complexity index is 729. The predicted octanol–water partition coefficient (Wildman–Crippen LogP) is 5.58. The molecule has 0 radical (unpaired) electrons. The highest BCUT2D eigenvalue weighted by Gasteiger charge is 2.35. The molecule has 0 nitrogen and oxygen atoms in total. The van der Waals surface area contributed by atoms with Crippen LogP contribution in [0.5, 0.6) is 0 Å². The van der Waals surface area contributed by atoms with Crippen molar-refractivity contribution < 1.29 is 0 Å². The van der Waals surface area contributed by atoms with E-state index in [1.54, 1.807) is 0 Å². The molecule has 0 saturated carbocycles. The molecule has 0 aliphatic carbocycles. The van der Waals surface area contributed by atoms with Crippen molar-refractivity contribution in [1.29, 1.82) is 0 Å². The van der Waals surface area contributed by atoms with Crippen LogP contribution in [-0.2, 0) is 0 Å². The Balaban J connectivity index is 2.10. The van der Waals surface area contributed by atoms with Crippen LogP contribution in [0.2, 0.25) is 0 Å². The highest BCUT2D eigenvalue weighted by Crippen LogP contribution is 2.73. The third-order valence-corrected chi connectivity index (χ3v) is 7.84. The monoisotopic (exact) mass is 276 g/mol. The molecule has 1 heterocycles. The highest BCUT2D eigenvalue weighted by atomic mass is 32.3. The van der Waals surface area contributed by atoms with Crippen molar-refractivity contribution in [2.45, 2.75) is 14.7 Å². The van der Waals surface area contributed by atoms with Crippen LogP contribution < -0.4 is 0 Å². The summed E-state index contributed by atoms with van der Waals surface area (Å²) in [6.45, 7) is 0. The summed E-state index contributed by atoms with van der Waals surface area (Å²) in [7, 11) is -1.10. The van der Waals surface area contributed by atoms with E-state index in [0.717, 1.165) is 0 Å². The standard InChI is InChI=1S/C19H16S/c1-20(15-9-3-2-4-10-15)18-13-7-5-11-16(18)17-12-6-8-14-19(17)20/h2-14H,1H3. The number of fused-ring (bicyclic) bond motifs is 3. The molecule has 3 aromatic rings. The maximum Gasteiger partial charge on any atom is 0.00582 e. The average molecular weight is 276 g/mol. The normalized spacial score (nSPS) is 16.2. The van der Waals surface area contributed by atoms with E-state index in [2.05, 4.69) is 85.1 Å². The molecule has 1 aliphatic rings. The molecule has 98 valence electrons. The minimum Gasteiger partial charge on any atom is -0.162 e. The first kappa shape index (κ1) is 11.8. The average Bonchev–Trinajstić information content (AvgIpc) is 2.80. The fraction of sp³-hybridized carbons (Fsp3) is 0.0526. The Hall–Kier alpha value is -1.99. The molecule has 0 bridgehead atoms. The molecule has 0 saturated heterocycles. The van der Waals surface area contributed by atoms with Crippen molar-refractivity contribution in [2.24, 2.45) is 0 Å². The Morgan fingerprint density at radius 3 is 1.55 bits per heavy atom. The van der Waals surface area contributed by atoms with E-state index in [4.69, 9.17) is 0 Å². The van der Waals surface area contributed by atoms with Crippen molar-refractivity contribution in [1.82, 2.24) is 0 Å². The summed E-state index contributed by atoms with van der Waals surface area (Å²) in [6, 6.07) is 28.7. The second-order valence-electron chi connectivity index (χ2n) is 5.22. The Morgan fingerprint density at radius 1 is 0.550 bits per heavy atom. The molecule has 0 fully saturated rings. The second-order valence-corrected chi connectivity index (χ2v) is 8.41. The quantitative estimate of drug-likeness (QED) is 0.544. The van der Waals surface area contributed by atoms with E-state index in [9.17, 15) is 0 Å². The zero-order chi connectivity index (χ0) is 13.6. The van der Waals surface area contributed by atoms with Gasteiger partial charge in [0.15, 0.2) is 0 Å². The lowest BCUT2D eigenvalue weighted by atomic mass is 10.1. The van der Waals surface area contributed by atoms with Crippen molar-refractivity contribution >= 4 is 10.0 Å². The number of benzene rings is 3. The van der Waals surface area contributed by atoms with Crippen molar-refractivity contribution in [2.75, 3.05) is 6.26 Å². The van der Waals surface area contributed by atoms with E-state index in [0.29, 0.717) is 0 Å². The molecule has 0 amide bonds. The van der Waals surface area contributed by atoms with Crippen LogP contribution in [-0.4, -0.2) is 6.26 Å². The van der Waals surface area contributed by atoms with E-state index < -0.39 is 10.0 Å². The van der Waals surface area contributed by atoms with E-state index in [1.165, 1.54) is 25.8 Å². The van der Waals surface area contributed by atoms with Crippen LogP contribution >= 0.6 is 10.0 Å². The summed E-state index contributed by atoms with van der Waals surface area (Å²) < 4.78 is 0. The SMILES string of the molecule is CS1(c2ccccc2)c2ccccc2-c2ccccc21. The van der Waals surface area contributed by atoms with Gasteiger partial charge in [-0.2, -0.15) is 10.0 Å². The molecule has 20 heavy (non-hydrogen) atoms. The van der Waals surface area contributed by atoms with Gasteiger partial charge >= 0.3 is 0 Å². The minimum absolute atomic E-state index is 1.10. The van der Waals surface area contributed by atoms with Crippen LogP contribution in [0.25, 0.3) is 11.1 Å². The second kappa shape index (κ2) is 4.26. The van der Waals surface area contributed by atoms with Gasteiger partial charge in [-0.1, -0.05) is 54.6 Å². The van der Waals surface area contributed by atoms with E-state index in [1.807, 2.05) is 0 Å². The van der Waals surface area contributed by atoms with Gasteiger partial charge in [0.25, 0.3) is 0 Å². The Labute approximate surface area is 121 Å². The van der Waals surface area contributed by atoms with Gasteiger partial charge in [-0.05, 0) is 46.5 Å². The van der Waals surface area contributed by atoms with Gasteiger partial charge in [0.2, 0.25) is 0 Å². The molecule has 1 aliphatic heterocycles. The fourth-order valence-corrected chi connectivity index (χ4v) is 6.54. The topological polar surface area (TPSA) is 0 Å². The highest BCUT2D eigenvalue weighted by molar-refractivity contribution is 8.33. The molecule has 0 unspecified atom stereocenters. The Kier molecular flexibility index (Phi) is 2.51. The van der Waals surface area contributed by atoms with E-state index in [-0.39, 0.29) is 0 Å². The largest absolute Gasteiger partial charge is 0.162 e. The van der Waals surface area contributed by atoms with Gasteiger partial charge in [0.05, 0.1) is 0 Å². The van der Waals surface area contributed by atoms with Gasteiger partial charge < -0.3 is 0 Å². The number of rotatable bonds is 1. The summed E-state index contributed by atoms with van der Waals surface area (Å²) in [5, 5.41) is 0. The first-order chi connectivity index (χ1) is 9.82. The molecule has 0 atom stereocenters. The van der Waals surface area contributed by atoms with Crippen LogP contribution in [0.3, 0.4) is 0 Å². The van der Waals surface area contributed by atoms with Crippen LogP contribution in [0.1, 0.15) is 0 Å². The van der Waals surface area contributed by atoms with Crippen LogP contribution in [0.15, 0.2) is 93.5 Å². The van der Waals surface area contributed by atoms with Gasteiger partial charge in [-0.25, -0.2) is 0 Å². The molecule has 0 aromatic heterocycles. The van der Waals surface area contributed by atoms with Crippen molar-refractivity contribution in [3.8, 4) is 11.1 Å². The third kappa shape index (κ3) is 1.44. The molecule has 4 rings (SSSR count). The minimum atomic E-state index is -1.10. The molecule has 1 heteroatoms. The molecule has 0 N–H and O–H groups in total. The van der Waals surface area contributed by atoms with Crippen LogP contribution in [0, 0.1) is 0 Å². The zero-order valence-corrected chi connectivity index (χ0v) is 12.2. The maximum atomic E-state index is 2.42. The van der Waals surface area contributed by atoms with Gasteiger partial charge in [-0.3, -0.25) is 0 Å². The summed E-state index contributed by atoms with van der Waals surface area (Å²) in [5.41, 5.74) is 2.81. The Morgan fingerprint density at radius 2 is 1.00 bits per heavy atom. The zero-order valence-electron chi connectivity index (χ0n) is 11.4. The molecule has 3 aromatic carbocycles. The lowest BCUT2D eigenvalue weighted by Crippen LogP contribution is -1.97. The summed E-state index contributed by atoms with van der Waals surface area (Å²) in [6.07, 6.45) is 2.42. The summed E-state index contributed by atoms with van der Waals surface area (Å²) >= 11 is 0. The smallest absolute Gasteiger partial charge is 0.00582 e. The maximum absolute atomic E-state index is 2.42. The van der Waals surface area contributed by atoms with Gasteiger partial charge in [0.1, 0.15) is 0 Å². The van der Waals surface area contributed by atoms with Crippen LogP contribution in [0.4, 0.5) is 0 Å². The summed E-state index contributed by atoms with van der Waals surface area (Å²) in [5.74, 6) is 0. The number of hydrogen-bond acceptors (Lipinski definition) is 0. The first-order valence-corrected chi connectivity index (χ1v) is 8.88. The first-order valence-electron chi connectivity index (χ1n) is 6.84. The van der Waals surface area contributed by atoms with Crippen molar-refractivity contribution in [3.05, 3.63) is 78.9 Å². The lowest BCUT2D eigenvalue weighted by molar-refractivity contribution is 1.36. The predicted molar refractivity (Wildman–Crippen MR) is 86.6 cm³/mol. The van der Waals surface area contributed by atoms with Gasteiger partial charge in [-0.15, -0.1) is 0 Å². The van der Waals surface area contributed by atoms with E-state index >= 15 is 0 Å². The molecular weight excluding hydrogens is 260 g/mol. The third-order valence-electron chi connectivity index (χ3n) is 4.16.